The highest BCUT2D eigenvalue weighted by Gasteiger charge is 2.42. The average Bonchev–Trinajstić information content (AvgIpc) is 3.07. The van der Waals surface area contributed by atoms with Crippen LogP contribution in [0.15, 0.2) is 24.3 Å². The maximum absolute atomic E-state index is 12.6. The van der Waals surface area contributed by atoms with Gasteiger partial charge in [0, 0.05) is 18.7 Å². The van der Waals surface area contributed by atoms with Gasteiger partial charge in [0.15, 0.2) is 9.84 Å². The fraction of sp³-hybridized carbons (Fsp3) is 0.556. The summed E-state index contributed by atoms with van der Waals surface area (Å²) < 4.78 is 23.4. The molecule has 136 valence electrons. The number of aryl methyl sites for hydroxylation is 1. The van der Waals surface area contributed by atoms with Crippen LogP contribution in [0.2, 0.25) is 0 Å². The van der Waals surface area contributed by atoms with Gasteiger partial charge in [-0.3, -0.25) is 9.59 Å². The van der Waals surface area contributed by atoms with E-state index in [0.29, 0.717) is 13.0 Å². The van der Waals surface area contributed by atoms with Crippen LogP contribution in [0.1, 0.15) is 32.3 Å². The Morgan fingerprint density at radius 2 is 2.00 bits per heavy atom. The highest BCUT2D eigenvalue weighted by molar-refractivity contribution is 7.91. The van der Waals surface area contributed by atoms with E-state index in [1.807, 2.05) is 24.3 Å². The number of carbonyl (C=O) groups is 2. The van der Waals surface area contributed by atoms with Crippen molar-refractivity contribution in [1.29, 1.82) is 0 Å². The van der Waals surface area contributed by atoms with Crippen LogP contribution in [0.4, 0.5) is 5.69 Å². The number of hydrogen-bond acceptors (Lipinski definition) is 4. The van der Waals surface area contributed by atoms with Crippen molar-refractivity contribution in [2.75, 3.05) is 23.0 Å². The molecule has 1 N–H and O–H groups in total. The first-order valence-electron chi connectivity index (χ1n) is 8.63. The summed E-state index contributed by atoms with van der Waals surface area (Å²) in [6.45, 7) is 4.16. The molecule has 0 bridgehead atoms. The number of anilines is 1. The normalized spacial score (nSPS) is 28.3. The third-order valence-corrected chi connectivity index (χ3v) is 6.98. The van der Waals surface area contributed by atoms with E-state index in [9.17, 15) is 18.0 Å². The second kappa shape index (κ2) is 6.44. The molecule has 0 saturated carbocycles. The Bertz CT molecular complexity index is 788. The van der Waals surface area contributed by atoms with Crippen LogP contribution in [-0.4, -0.2) is 43.8 Å². The van der Waals surface area contributed by atoms with Crippen LogP contribution in [0.3, 0.4) is 0 Å². The van der Waals surface area contributed by atoms with Crippen LogP contribution < -0.4 is 10.2 Å². The molecule has 2 unspecified atom stereocenters. The van der Waals surface area contributed by atoms with Crippen molar-refractivity contribution in [3.63, 3.8) is 0 Å². The molecule has 1 aromatic rings. The van der Waals surface area contributed by atoms with Crippen LogP contribution >= 0.6 is 0 Å². The van der Waals surface area contributed by atoms with E-state index in [1.54, 1.807) is 11.8 Å². The monoisotopic (exact) mass is 364 g/mol. The predicted octanol–water partition coefficient (Wildman–Crippen LogP) is 1.30. The van der Waals surface area contributed by atoms with Gasteiger partial charge in [-0.15, -0.1) is 0 Å². The van der Waals surface area contributed by atoms with E-state index in [2.05, 4.69) is 12.2 Å². The molecule has 0 aromatic heterocycles. The first-order valence-corrected chi connectivity index (χ1v) is 10.5. The summed E-state index contributed by atoms with van der Waals surface area (Å²) >= 11 is 0. The Morgan fingerprint density at radius 1 is 1.32 bits per heavy atom. The van der Waals surface area contributed by atoms with E-state index in [0.717, 1.165) is 12.1 Å². The van der Waals surface area contributed by atoms with E-state index in [1.165, 1.54) is 5.56 Å². The molecule has 0 radical (unpaired) electrons. The molecule has 3 rings (SSSR count). The molecule has 0 aliphatic carbocycles. The number of carbonyl (C=O) groups excluding carboxylic acids is 2. The fourth-order valence-electron chi connectivity index (χ4n) is 3.55. The first-order chi connectivity index (χ1) is 11.7. The molecular weight excluding hydrogens is 340 g/mol. The van der Waals surface area contributed by atoms with Crippen molar-refractivity contribution in [3.8, 4) is 0 Å². The first kappa shape index (κ1) is 17.9. The van der Waals surface area contributed by atoms with E-state index < -0.39 is 21.3 Å². The second-order valence-electron chi connectivity index (χ2n) is 7.32. The summed E-state index contributed by atoms with van der Waals surface area (Å²) in [4.78, 5) is 26.5. The van der Waals surface area contributed by atoms with Gasteiger partial charge in [-0.05, 0) is 37.5 Å². The molecule has 2 amide bonds. The van der Waals surface area contributed by atoms with Gasteiger partial charge in [0.25, 0.3) is 0 Å². The van der Waals surface area contributed by atoms with Gasteiger partial charge in [0.1, 0.15) is 0 Å². The smallest absolute Gasteiger partial charge is 0.227 e. The van der Waals surface area contributed by atoms with Gasteiger partial charge < -0.3 is 10.2 Å². The van der Waals surface area contributed by atoms with Gasteiger partial charge in [-0.1, -0.05) is 19.1 Å². The molecule has 25 heavy (non-hydrogen) atoms. The van der Waals surface area contributed by atoms with Crippen molar-refractivity contribution >= 4 is 27.3 Å². The Hall–Kier alpha value is -1.89. The maximum Gasteiger partial charge on any atom is 0.227 e. The van der Waals surface area contributed by atoms with Crippen LogP contribution in [-0.2, 0) is 25.8 Å². The summed E-state index contributed by atoms with van der Waals surface area (Å²) in [5, 5.41) is 2.87. The van der Waals surface area contributed by atoms with Crippen molar-refractivity contribution in [2.45, 2.75) is 38.6 Å². The number of benzene rings is 1. The van der Waals surface area contributed by atoms with Gasteiger partial charge in [0.05, 0.1) is 23.0 Å². The minimum Gasteiger partial charge on any atom is -0.350 e. The number of nitrogens with one attached hydrogen (secondary N) is 1. The summed E-state index contributed by atoms with van der Waals surface area (Å²) in [6.07, 6.45) is 1.51. The lowest BCUT2D eigenvalue weighted by molar-refractivity contribution is -0.127. The lowest BCUT2D eigenvalue weighted by atomic mass is 9.99. The van der Waals surface area contributed by atoms with Crippen LogP contribution in [0.25, 0.3) is 0 Å². The zero-order valence-electron chi connectivity index (χ0n) is 14.6. The quantitative estimate of drug-likeness (QED) is 0.873. The summed E-state index contributed by atoms with van der Waals surface area (Å²) in [5.41, 5.74) is 1.27. The Morgan fingerprint density at radius 3 is 2.56 bits per heavy atom. The Labute approximate surface area is 148 Å². The summed E-state index contributed by atoms with van der Waals surface area (Å²) in [5.74, 6) is -0.689. The SMILES string of the molecule is CCc1ccc(N2CC(C(=O)NC3(C)CCS(=O)(=O)C3)CC2=O)cc1. The third kappa shape index (κ3) is 3.86. The highest BCUT2D eigenvalue weighted by Crippen LogP contribution is 2.28. The number of nitrogens with zero attached hydrogens (tertiary/aromatic N) is 1. The van der Waals surface area contributed by atoms with E-state index in [4.69, 9.17) is 0 Å². The van der Waals surface area contributed by atoms with Gasteiger partial charge in [-0.25, -0.2) is 8.42 Å². The highest BCUT2D eigenvalue weighted by atomic mass is 32.2. The Balaban J connectivity index is 1.66. The number of hydrogen-bond donors (Lipinski definition) is 1. The minimum atomic E-state index is -3.09. The van der Waals surface area contributed by atoms with Crippen molar-refractivity contribution < 1.29 is 18.0 Å². The molecule has 2 saturated heterocycles. The molecular formula is C18H24N2O4S. The fourth-order valence-corrected chi connectivity index (χ4v) is 5.65. The Kier molecular flexibility index (Phi) is 4.62. The van der Waals surface area contributed by atoms with E-state index in [-0.39, 0.29) is 29.7 Å². The number of rotatable bonds is 4. The van der Waals surface area contributed by atoms with Crippen LogP contribution in [0, 0.1) is 5.92 Å². The van der Waals surface area contributed by atoms with Crippen molar-refractivity contribution in [1.82, 2.24) is 5.32 Å². The molecule has 1 aromatic carbocycles. The largest absolute Gasteiger partial charge is 0.350 e. The topological polar surface area (TPSA) is 83.6 Å². The van der Waals surface area contributed by atoms with Gasteiger partial charge in [0.2, 0.25) is 11.8 Å². The van der Waals surface area contributed by atoms with Crippen molar-refractivity contribution in [3.05, 3.63) is 29.8 Å². The van der Waals surface area contributed by atoms with Crippen molar-refractivity contribution in [2.24, 2.45) is 5.92 Å². The minimum absolute atomic E-state index is 0.0331. The molecule has 2 aliphatic rings. The third-order valence-electron chi connectivity index (χ3n) is 5.08. The molecule has 2 aliphatic heterocycles. The lowest BCUT2D eigenvalue weighted by Crippen LogP contribution is -2.49. The molecule has 2 heterocycles. The average molecular weight is 364 g/mol. The molecule has 6 nitrogen and oxygen atoms in total. The van der Waals surface area contributed by atoms with Crippen LogP contribution in [0.5, 0.6) is 0 Å². The number of sulfone groups is 1. The molecule has 7 heteroatoms. The predicted molar refractivity (Wildman–Crippen MR) is 96.1 cm³/mol. The summed E-state index contributed by atoms with van der Waals surface area (Å²) in [6, 6.07) is 7.78. The number of amides is 2. The van der Waals surface area contributed by atoms with Gasteiger partial charge >= 0.3 is 0 Å². The molecule has 2 fully saturated rings. The molecule has 2 atom stereocenters. The maximum atomic E-state index is 12.6. The molecule has 0 spiro atoms. The zero-order chi connectivity index (χ0) is 18.2. The standard InChI is InChI=1S/C18H24N2O4S/c1-3-13-4-6-15(7-5-13)20-11-14(10-16(20)21)17(22)19-18(2)8-9-25(23,24)12-18/h4-7,14H,3,8-12H2,1-2H3,(H,19,22). The second-order valence-corrected chi connectivity index (χ2v) is 9.50. The van der Waals surface area contributed by atoms with Gasteiger partial charge in [-0.2, -0.15) is 0 Å². The summed E-state index contributed by atoms with van der Waals surface area (Å²) in [7, 11) is -3.09. The van der Waals surface area contributed by atoms with E-state index >= 15 is 0 Å². The lowest BCUT2D eigenvalue weighted by Gasteiger charge is -2.25. The zero-order valence-corrected chi connectivity index (χ0v) is 15.4.